The van der Waals surface area contributed by atoms with Crippen LogP contribution in [0.5, 0.6) is 0 Å². The summed E-state index contributed by atoms with van der Waals surface area (Å²) in [7, 11) is 0. The molecule has 0 bridgehead atoms. The van der Waals surface area contributed by atoms with Crippen molar-refractivity contribution in [3.05, 3.63) is 12.2 Å². The average molecular weight is 351 g/mol. The van der Waals surface area contributed by atoms with Gasteiger partial charge in [-0.05, 0) is 32.1 Å². The van der Waals surface area contributed by atoms with E-state index in [0.29, 0.717) is 0 Å². The first kappa shape index (κ1) is 21.8. The first-order valence-electron chi connectivity index (χ1n) is 8.72. The summed E-state index contributed by atoms with van der Waals surface area (Å²) >= 11 is 12.7. The molecule has 0 aliphatic rings. The minimum Gasteiger partial charge on any atom is -0.481 e. The van der Waals surface area contributed by atoms with Crippen molar-refractivity contribution in [2.45, 2.75) is 94.7 Å². The molecule has 0 aromatic carbocycles. The van der Waals surface area contributed by atoms with E-state index in [1.807, 2.05) is 0 Å². The number of carboxylic acids is 1. The van der Waals surface area contributed by atoms with Gasteiger partial charge in [-0.15, -0.1) is 23.2 Å². The Labute approximate surface area is 146 Å². The normalized spacial score (nSPS) is 14.3. The standard InChI is InChI=1S/C18H32Cl2O2/c1-2-3-4-5-7-10-13-16(19)17(20)14-11-8-6-9-12-15-18(21)22/h7,10,16-17H,2-6,8-9,11-15H2,1H3,(H,21,22)/b10-7-. The summed E-state index contributed by atoms with van der Waals surface area (Å²) in [6, 6.07) is 0. The van der Waals surface area contributed by atoms with E-state index in [2.05, 4.69) is 19.1 Å². The van der Waals surface area contributed by atoms with Crippen molar-refractivity contribution in [3.63, 3.8) is 0 Å². The number of allylic oxidation sites excluding steroid dienone is 2. The molecule has 1 N–H and O–H groups in total. The molecule has 2 nitrogen and oxygen atoms in total. The number of halogens is 2. The predicted molar refractivity (Wildman–Crippen MR) is 97.1 cm³/mol. The van der Waals surface area contributed by atoms with Gasteiger partial charge in [0, 0.05) is 6.42 Å². The van der Waals surface area contributed by atoms with E-state index in [1.165, 1.54) is 19.3 Å². The first-order chi connectivity index (χ1) is 10.6. The van der Waals surface area contributed by atoms with Gasteiger partial charge in [0.1, 0.15) is 0 Å². The Morgan fingerprint density at radius 1 is 0.955 bits per heavy atom. The fraction of sp³-hybridized carbons (Fsp3) is 0.833. The fourth-order valence-corrected chi connectivity index (χ4v) is 2.82. The van der Waals surface area contributed by atoms with Gasteiger partial charge in [0.05, 0.1) is 10.8 Å². The van der Waals surface area contributed by atoms with Crippen molar-refractivity contribution in [2.24, 2.45) is 0 Å². The molecule has 0 fully saturated rings. The summed E-state index contributed by atoms with van der Waals surface area (Å²) < 4.78 is 0. The predicted octanol–water partition coefficient (Wildman–Crippen LogP) is 6.54. The van der Waals surface area contributed by atoms with Gasteiger partial charge >= 0.3 is 5.97 Å². The molecule has 0 amide bonds. The number of alkyl halides is 2. The maximum atomic E-state index is 10.4. The smallest absolute Gasteiger partial charge is 0.303 e. The minimum atomic E-state index is -0.700. The lowest BCUT2D eigenvalue weighted by molar-refractivity contribution is -0.137. The maximum Gasteiger partial charge on any atom is 0.303 e. The highest BCUT2D eigenvalue weighted by Gasteiger charge is 2.14. The van der Waals surface area contributed by atoms with E-state index in [0.717, 1.165) is 51.4 Å². The van der Waals surface area contributed by atoms with Crippen LogP contribution in [0.1, 0.15) is 84.0 Å². The zero-order valence-corrected chi connectivity index (χ0v) is 15.4. The van der Waals surface area contributed by atoms with Gasteiger partial charge in [-0.3, -0.25) is 4.79 Å². The largest absolute Gasteiger partial charge is 0.481 e. The lowest BCUT2D eigenvalue weighted by Crippen LogP contribution is -2.14. The quantitative estimate of drug-likeness (QED) is 0.206. The number of rotatable bonds is 15. The second kappa shape index (κ2) is 15.7. The molecule has 0 saturated heterocycles. The van der Waals surface area contributed by atoms with Crippen LogP contribution in [0.15, 0.2) is 12.2 Å². The molecular formula is C18H32Cl2O2. The van der Waals surface area contributed by atoms with E-state index >= 15 is 0 Å². The summed E-state index contributed by atoms with van der Waals surface area (Å²) in [6.07, 6.45) is 16.4. The van der Waals surface area contributed by atoms with Crippen LogP contribution in [-0.2, 0) is 4.79 Å². The Balaban J connectivity index is 3.49. The SMILES string of the molecule is CCCCC/C=C\CC(Cl)C(Cl)CCCCCCCC(=O)O. The van der Waals surface area contributed by atoms with Gasteiger partial charge in [0.15, 0.2) is 0 Å². The topological polar surface area (TPSA) is 37.3 Å². The van der Waals surface area contributed by atoms with Gasteiger partial charge in [-0.1, -0.05) is 57.6 Å². The molecule has 4 heteroatoms. The van der Waals surface area contributed by atoms with Gasteiger partial charge < -0.3 is 5.11 Å². The highest BCUT2D eigenvalue weighted by Crippen LogP contribution is 2.21. The monoisotopic (exact) mass is 350 g/mol. The van der Waals surface area contributed by atoms with Crippen LogP contribution < -0.4 is 0 Å². The molecule has 0 heterocycles. The average Bonchev–Trinajstić information content (AvgIpc) is 2.49. The molecule has 0 radical (unpaired) electrons. The molecular weight excluding hydrogens is 319 g/mol. The molecule has 0 aliphatic carbocycles. The van der Waals surface area contributed by atoms with Gasteiger partial charge in [-0.2, -0.15) is 0 Å². The fourth-order valence-electron chi connectivity index (χ4n) is 2.33. The van der Waals surface area contributed by atoms with Crippen LogP contribution in [0.25, 0.3) is 0 Å². The van der Waals surface area contributed by atoms with Gasteiger partial charge in [0.25, 0.3) is 0 Å². The van der Waals surface area contributed by atoms with Crippen LogP contribution in [0.2, 0.25) is 0 Å². The lowest BCUT2D eigenvalue weighted by atomic mass is 10.1. The Morgan fingerprint density at radius 2 is 1.64 bits per heavy atom. The van der Waals surface area contributed by atoms with Gasteiger partial charge in [0.2, 0.25) is 0 Å². The van der Waals surface area contributed by atoms with Crippen LogP contribution in [0.3, 0.4) is 0 Å². The summed E-state index contributed by atoms with van der Waals surface area (Å²) in [5.41, 5.74) is 0. The minimum absolute atomic E-state index is 0.0103. The number of hydrogen-bond donors (Lipinski definition) is 1. The highest BCUT2D eigenvalue weighted by molar-refractivity contribution is 6.30. The van der Waals surface area contributed by atoms with Crippen molar-refractivity contribution < 1.29 is 9.90 Å². The van der Waals surface area contributed by atoms with Crippen LogP contribution in [0, 0.1) is 0 Å². The number of carbonyl (C=O) groups is 1. The lowest BCUT2D eigenvalue weighted by Gasteiger charge is -2.14. The summed E-state index contributed by atoms with van der Waals surface area (Å²) in [5, 5.41) is 8.58. The van der Waals surface area contributed by atoms with Crippen molar-refractivity contribution in [2.75, 3.05) is 0 Å². The second-order valence-corrected chi connectivity index (χ2v) is 7.06. The maximum absolute atomic E-state index is 10.4. The molecule has 0 aromatic heterocycles. The van der Waals surface area contributed by atoms with E-state index in [-0.39, 0.29) is 17.2 Å². The van der Waals surface area contributed by atoms with Crippen molar-refractivity contribution in [3.8, 4) is 0 Å². The van der Waals surface area contributed by atoms with E-state index in [1.54, 1.807) is 0 Å². The van der Waals surface area contributed by atoms with E-state index in [4.69, 9.17) is 28.3 Å². The molecule has 0 spiro atoms. The third kappa shape index (κ3) is 14.7. The molecule has 0 saturated carbocycles. The van der Waals surface area contributed by atoms with Crippen LogP contribution in [0.4, 0.5) is 0 Å². The zero-order chi connectivity index (χ0) is 16.6. The van der Waals surface area contributed by atoms with Crippen LogP contribution >= 0.6 is 23.2 Å². The molecule has 0 aliphatic heterocycles. The first-order valence-corrected chi connectivity index (χ1v) is 9.60. The van der Waals surface area contributed by atoms with E-state index < -0.39 is 5.97 Å². The van der Waals surface area contributed by atoms with Crippen molar-refractivity contribution in [1.29, 1.82) is 0 Å². The number of aliphatic carboxylic acids is 1. The number of carboxylic acid groups (broad SMARTS) is 1. The molecule has 130 valence electrons. The molecule has 2 unspecified atom stereocenters. The second-order valence-electron chi connectivity index (χ2n) is 5.94. The van der Waals surface area contributed by atoms with E-state index in [9.17, 15) is 4.79 Å². The van der Waals surface area contributed by atoms with Crippen LogP contribution in [-0.4, -0.2) is 21.8 Å². The number of unbranched alkanes of at least 4 members (excludes halogenated alkanes) is 7. The molecule has 22 heavy (non-hydrogen) atoms. The molecule has 0 aromatic rings. The summed E-state index contributed by atoms with van der Waals surface area (Å²) in [5.74, 6) is -0.700. The Kier molecular flexibility index (Phi) is 15.5. The van der Waals surface area contributed by atoms with Gasteiger partial charge in [-0.25, -0.2) is 0 Å². The highest BCUT2D eigenvalue weighted by atomic mass is 35.5. The molecule has 2 atom stereocenters. The Morgan fingerprint density at radius 3 is 2.32 bits per heavy atom. The third-order valence-electron chi connectivity index (χ3n) is 3.77. The summed E-state index contributed by atoms with van der Waals surface area (Å²) in [4.78, 5) is 10.4. The van der Waals surface area contributed by atoms with Crippen molar-refractivity contribution >= 4 is 29.2 Å². The Bertz CT molecular complexity index is 293. The molecule has 0 rings (SSSR count). The number of hydrogen-bond acceptors (Lipinski definition) is 1. The third-order valence-corrected chi connectivity index (χ3v) is 4.90. The van der Waals surface area contributed by atoms with Crippen molar-refractivity contribution in [1.82, 2.24) is 0 Å². The summed E-state index contributed by atoms with van der Waals surface area (Å²) in [6.45, 7) is 2.21. The zero-order valence-electron chi connectivity index (χ0n) is 13.9. The Hall–Kier alpha value is -0.210.